The molecule has 6 heteroatoms. The van der Waals surface area contributed by atoms with Gasteiger partial charge in [-0.05, 0) is 50.5 Å². The first kappa shape index (κ1) is 17.3. The second kappa shape index (κ2) is 8.05. The zero-order valence-electron chi connectivity index (χ0n) is 14.9. The summed E-state index contributed by atoms with van der Waals surface area (Å²) in [6.45, 7) is 3.95. The maximum Gasteiger partial charge on any atom is 0.254 e. The Balaban J connectivity index is 1.80. The van der Waals surface area contributed by atoms with Gasteiger partial charge in [0, 0.05) is 24.5 Å². The first-order valence-electron chi connectivity index (χ1n) is 8.82. The largest absolute Gasteiger partial charge is 0.493 e. The molecule has 0 aliphatic carbocycles. The van der Waals surface area contributed by atoms with Crippen LogP contribution in [0.4, 0.5) is 0 Å². The lowest BCUT2D eigenvalue weighted by Crippen LogP contribution is -2.45. The van der Waals surface area contributed by atoms with Gasteiger partial charge in [-0.15, -0.1) is 0 Å². The van der Waals surface area contributed by atoms with E-state index in [0.29, 0.717) is 23.7 Å². The summed E-state index contributed by atoms with van der Waals surface area (Å²) in [4.78, 5) is 15.1. The number of methoxy groups -OCH3 is 1. The minimum absolute atomic E-state index is 0.0421. The summed E-state index contributed by atoms with van der Waals surface area (Å²) < 4.78 is 12.8. The molecule has 1 unspecified atom stereocenters. The van der Waals surface area contributed by atoms with Gasteiger partial charge in [0.15, 0.2) is 11.5 Å². The minimum atomic E-state index is 0.0421. The SMILES string of the molecule is CCOc1cc(C(=O)N2CCCCC2Cn2cccn2)ccc1OC. The van der Waals surface area contributed by atoms with E-state index in [2.05, 4.69) is 5.10 Å². The Hall–Kier alpha value is -2.50. The van der Waals surface area contributed by atoms with Gasteiger partial charge in [0.25, 0.3) is 5.91 Å². The highest BCUT2D eigenvalue weighted by atomic mass is 16.5. The maximum atomic E-state index is 13.1. The van der Waals surface area contributed by atoms with Gasteiger partial charge in [-0.1, -0.05) is 0 Å². The van der Waals surface area contributed by atoms with Crippen LogP contribution in [0.1, 0.15) is 36.5 Å². The van der Waals surface area contributed by atoms with Crippen LogP contribution >= 0.6 is 0 Å². The predicted octanol–water partition coefficient (Wildman–Crippen LogP) is 2.99. The van der Waals surface area contributed by atoms with Crippen molar-refractivity contribution in [2.75, 3.05) is 20.3 Å². The van der Waals surface area contributed by atoms with E-state index in [-0.39, 0.29) is 11.9 Å². The number of benzene rings is 1. The van der Waals surface area contributed by atoms with E-state index >= 15 is 0 Å². The second-order valence-corrected chi connectivity index (χ2v) is 6.17. The van der Waals surface area contributed by atoms with E-state index in [1.54, 1.807) is 25.4 Å². The molecule has 1 atom stereocenters. The Morgan fingerprint density at radius 1 is 1.32 bits per heavy atom. The van der Waals surface area contributed by atoms with Gasteiger partial charge in [0.05, 0.1) is 26.3 Å². The highest BCUT2D eigenvalue weighted by Crippen LogP contribution is 2.29. The topological polar surface area (TPSA) is 56.6 Å². The molecule has 134 valence electrons. The molecule has 0 spiro atoms. The number of hydrogen-bond acceptors (Lipinski definition) is 4. The average molecular weight is 343 g/mol. The Labute approximate surface area is 148 Å². The fraction of sp³-hybridized carbons (Fsp3) is 0.474. The fourth-order valence-corrected chi connectivity index (χ4v) is 3.33. The highest BCUT2D eigenvalue weighted by Gasteiger charge is 2.28. The summed E-state index contributed by atoms with van der Waals surface area (Å²) in [5, 5.41) is 4.28. The Kier molecular flexibility index (Phi) is 5.58. The molecule has 1 fully saturated rings. The van der Waals surface area contributed by atoms with E-state index in [4.69, 9.17) is 9.47 Å². The van der Waals surface area contributed by atoms with Crippen LogP contribution in [0.25, 0.3) is 0 Å². The van der Waals surface area contributed by atoms with E-state index in [0.717, 1.165) is 32.4 Å². The molecule has 1 aliphatic heterocycles. The number of amides is 1. The van der Waals surface area contributed by atoms with Crippen molar-refractivity contribution in [3.63, 3.8) is 0 Å². The van der Waals surface area contributed by atoms with Gasteiger partial charge in [-0.2, -0.15) is 5.10 Å². The lowest BCUT2D eigenvalue weighted by atomic mass is 10.0. The van der Waals surface area contributed by atoms with Gasteiger partial charge < -0.3 is 14.4 Å². The van der Waals surface area contributed by atoms with Gasteiger partial charge in [-0.25, -0.2) is 0 Å². The third-order valence-electron chi connectivity index (χ3n) is 4.56. The molecule has 1 aliphatic rings. The van der Waals surface area contributed by atoms with Crippen molar-refractivity contribution in [1.82, 2.24) is 14.7 Å². The minimum Gasteiger partial charge on any atom is -0.493 e. The molecular weight excluding hydrogens is 318 g/mol. The number of likely N-dealkylation sites (tertiary alicyclic amines) is 1. The van der Waals surface area contributed by atoms with Crippen molar-refractivity contribution in [3.05, 3.63) is 42.2 Å². The van der Waals surface area contributed by atoms with Crippen LogP contribution in [-0.4, -0.2) is 46.9 Å². The predicted molar refractivity (Wildman–Crippen MR) is 95.1 cm³/mol. The van der Waals surface area contributed by atoms with Crippen molar-refractivity contribution >= 4 is 5.91 Å². The number of nitrogens with zero attached hydrogens (tertiary/aromatic N) is 3. The van der Waals surface area contributed by atoms with Crippen molar-refractivity contribution in [1.29, 1.82) is 0 Å². The summed E-state index contributed by atoms with van der Waals surface area (Å²) in [6, 6.07) is 7.46. The zero-order chi connectivity index (χ0) is 17.6. The van der Waals surface area contributed by atoms with Gasteiger partial charge in [0.1, 0.15) is 0 Å². The molecule has 2 heterocycles. The van der Waals surface area contributed by atoms with Crippen LogP contribution in [-0.2, 0) is 6.54 Å². The first-order chi connectivity index (χ1) is 12.2. The molecule has 25 heavy (non-hydrogen) atoms. The lowest BCUT2D eigenvalue weighted by molar-refractivity contribution is 0.0583. The summed E-state index contributed by atoms with van der Waals surface area (Å²) in [6.07, 6.45) is 6.89. The molecule has 0 radical (unpaired) electrons. The molecule has 1 amide bonds. The summed E-state index contributed by atoms with van der Waals surface area (Å²) in [5.74, 6) is 1.29. The summed E-state index contributed by atoms with van der Waals surface area (Å²) >= 11 is 0. The van der Waals surface area contributed by atoms with E-state index < -0.39 is 0 Å². The monoisotopic (exact) mass is 343 g/mol. The number of carbonyl (C=O) groups excluding carboxylic acids is 1. The average Bonchev–Trinajstić information content (AvgIpc) is 3.15. The Morgan fingerprint density at radius 3 is 2.92 bits per heavy atom. The van der Waals surface area contributed by atoms with Crippen molar-refractivity contribution in [2.45, 2.75) is 38.8 Å². The molecule has 6 nitrogen and oxygen atoms in total. The third kappa shape index (κ3) is 3.95. The standard InChI is InChI=1S/C19H25N3O3/c1-3-25-18-13-15(8-9-17(18)24-2)19(23)22-12-5-4-7-16(22)14-21-11-6-10-20-21/h6,8-11,13,16H,3-5,7,12,14H2,1-2H3. The van der Waals surface area contributed by atoms with E-state index in [1.165, 1.54) is 0 Å². The third-order valence-corrected chi connectivity index (χ3v) is 4.56. The van der Waals surface area contributed by atoms with Gasteiger partial charge in [0.2, 0.25) is 0 Å². The number of ether oxygens (including phenoxy) is 2. The Bertz CT molecular complexity index is 700. The van der Waals surface area contributed by atoms with Crippen LogP contribution in [0.3, 0.4) is 0 Å². The summed E-state index contributed by atoms with van der Waals surface area (Å²) in [7, 11) is 1.60. The second-order valence-electron chi connectivity index (χ2n) is 6.17. The molecule has 1 aromatic heterocycles. The molecule has 1 aromatic carbocycles. The number of piperidine rings is 1. The summed E-state index contributed by atoms with van der Waals surface area (Å²) in [5.41, 5.74) is 0.636. The lowest BCUT2D eigenvalue weighted by Gasteiger charge is -2.36. The maximum absolute atomic E-state index is 13.1. The van der Waals surface area contributed by atoms with E-state index in [1.807, 2.05) is 34.8 Å². The molecule has 2 aromatic rings. The molecular formula is C19H25N3O3. The quantitative estimate of drug-likeness (QED) is 0.809. The zero-order valence-corrected chi connectivity index (χ0v) is 14.9. The van der Waals surface area contributed by atoms with Crippen LogP contribution in [0.15, 0.2) is 36.7 Å². The van der Waals surface area contributed by atoms with Crippen LogP contribution in [0.5, 0.6) is 11.5 Å². The van der Waals surface area contributed by atoms with Crippen LogP contribution in [0, 0.1) is 0 Å². The van der Waals surface area contributed by atoms with Crippen molar-refractivity contribution in [2.24, 2.45) is 0 Å². The highest BCUT2D eigenvalue weighted by molar-refractivity contribution is 5.95. The molecule has 0 N–H and O–H groups in total. The molecule has 0 saturated carbocycles. The molecule has 1 saturated heterocycles. The van der Waals surface area contributed by atoms with Crippen LogP contribution in [0.2, 0.25) is 0 Å². The van der Waals surface area contributed by atoms with Gasteiger partial charge >= 0.3 is 0 Å². The smallest absolute Gasteiger partial charge is 0.254 e. The van der Waals surface area contributed by atoms with Gasteiger partial charge in [-0.3, -0.25) is 9.48 Å². The van der Waals surface area contributed by atoms with Crippen molar-refractivity contribution in [3.8, 4) is 11.5 Å². The number of aromatic nitrogens is 2. The number of carbonyl (C=O) groups is 1. The Morgan fingerprint density at radius 2 is 2.20 bits per heavy atom. The van der Waals surface area contributed by atoms with Crippen molar-refractivity contribution < 1.29 is 14.3 Å². The van der Waals surface area contributed by atoms with E-state index in [9.17, 15) is 4.79 Å². The number of rotatable bonds is 6. The normalized spacial score (nSPS) is 17.4. The number of hydrogen-bond donors (Lipinski definition) is 0. The molecule has 3 rings (SSSR count). The molecule has 0 bridgehead atoms. The van der Waals surface area contributed by atoms with Crippen LogP contribution < -0.4 is 9.47 Å². The first-order valence-corrected chi connectivity index (χ1v) is 8.82. The fourth-order valence-electron chi connectivity index (χ4n) is 3.33.